The molecule has 3 N–H and O–H groups in total. The molecule has 0 bridgehead atoms. The van der Waals surface area contributed by atoms with Gasteiger partial charge in [0.2, 0.25) is 0 Å². The molecule has 19 heteroatoms. The molecule has 92 heavy (non-hydrogen) atoms. The van der Waals surface area contributed by atoms with E-state index in [4.69, 9.17) is 37.0 Å². The fourth-order valence-corrected chi connectivity index (χ4v) is 12.8. The molecule has 0 aliphatic carbocycles. The number of carbonyl (C=O) groups is 4. The quantitative estimate of drug-likeness (QED) is 0.0222. The van der Waals surface area contributed by atoms with Crippen molar-refractivity contribution >= 4 is 39.5 Å². The summed E-state index contributed by atoms with van der Waals surface area (Å²) in [7, 11) is -9.90. The molecule has 5 atom stereocenters. The highest BCUT2D eigenvalue weighted by atomic mass is 31.2. The van der Waals surface area contributed by atoms with E-state index in [2.05, 4.69) is 27.7 Å². The van der Waals surface area contributed by atoms with Crippen LogP contribution in [-0.4, -0.2) is 96.7 Å². The topological polar surface area (TPSA) is 237 Å². The van der Waals surface area contributed by atoms with Gasteiger partial charge in [0.25, 0.3) is 0 Å². The SMILES string of the molecule is CCCCCCCCCCCCCCCCCCCCCCC(=O)O[C@H](COC(=O)CCCCCCCCCCCCCCCCC)COP(=O)(O)OC[C@@H](O)COP(=O)(O)OC[C@@H](COC(=O)CCCCCCCCCC)OC(=O)CCCCCCCCCCC. The van der Waals surface area contributed by atoms with Crippen molar-refractivity contribution < 1.29 is 80.2 Å². The van der Waals surface area contributed by atoms with Gasteiger partial charge in [-0.1, -0.05) is 336 Å². The lowest BCUT2D eigenvalue weighted by molar-refractivity contribution is -0.161. The van der Waals surface area contributed by atoms with E-state index in [-0.39, 0.29) is 25.7 Å². The lowest BCUT2D eigenvalue weighted by Gasteiger charge is -2.21. The van der Waals surface area contributed by atoms with Gasteiger partial charge in [0.1, 0.15) is 19.3 Å². The van der Waals surface area contributed by atoms with E-state index in [1.165, 1.54) is 212 Å². The van der Waals surface area contributed by atoms with Crippen LogP contribution in [0, 0.1) is 0 Å². The van der Waals surface area contributed by atoms with Crippen molar-refractivity contribution in [3.05, 3.63) is 0 Å². The Morgan fingerprint density at radius 1 is 0.261 bits per heavy atom. The van der Waals surface area contributed by atoms with Crippen LogP contribution in [0.1, 0.15) is 387 Å². The van der Waals surface area contributed by atoms with Crippen molar-refractivity contribution in [3.8, 4) is 0 Å². The summed E-state index contributed by atoms with van der Waals surface area (Å²) in [6.07, 6.45) is 57.0. The average molecular weight is 1350 g/mol. The Hall–Kier alpha value is -1.94. The predicted molar refractivity (Wildman–Crippen MR) is 372 cm³/mol. The van der Waals surface area contributed by atoms with Gasteiger partial charge in [0.05, 0.1) is 26.4 Å². The van der Waals surface area contributed by atoms with Crippen LogP contribution >= 0.6 is 15.6 Å². The minimum absolute atomic E-state index is 0.106. The minimum atomic E-state index is -4.95. The number of hydrogen-bond acceptors (Lipinski definition) is 15. The molecule has 0 aromatic rings. The van der Waals surface area contributed by atoms with Gasteiger partial charge in [-0.25, -0.2) is 9.13 Å². The zero-order chi connectivity index (χ0) is 67.5. The third kappa shape index (κ3) is 66.7. The number of hydrogen-bond donors (Lipinski definition) is 3. The number of unbranched alkanes of at least 4 members (excludes halogenated alkanes) is 48. The maximum Gasteiger partial charge on any atom is 0.472 e. The number of esters is 4. The van der Waals surface area contributed by atoms with Crippen molar-refractivity contribution in [1.29, 1.82) is 0 Å². The van der Waals surface area contributed by atoms with Crippen LogP contribution in [0.3, 0.4) is 0 Å². The monoisotopic (exact) mass is 1350 g/mol. The molecule has 0 saturated heterocycles. The Balaban J connectivity index is 5.16. The summed E-state index contributed by atoms with van der Waals surface area (Å²) in [5.74, 6) is -2.12. The van der Waals surface area contributed by atoms with E-state index in [1.54, 1.807) is 0 Å². The van der Waals surface area contributed by atoms with Crippen LogP contribution in [0.5, 0.6) is 0 Å². The minimum Gasteiger partial charge on any atom is -0.462 e. The van der Waals surface area contributed by atoms with Gasteiger partial charge in [0.15, 0.2) is 12.2 Å². The predicted octanol–water partition coefficient (Wildman–Crippen LogP) is 21.4. The molecule has 546 valence electrons. The molecule has 0 heterocycles. The molecule has 0 amide bonds. The third-order valence-corrected chi connectivity index (χ3v) is 19.0. The summed E-state index contributed by atoms with van der Waals surface area (Å²) in [6, 6.07) is 0. The van der Waals surface area contributed by atoms with Crippen molar-refractivity contribution in [2.75, 3.05) is 39.6 Å². The van der Waals surface area contributed by atoms with Crippen LogP contribution in [0.2, 0.25) is 0 Å². The smallest absolute Gasteiger partial charge is 0.462 e. The number of aliphatic hydroxyl groups excluding tert-OH is 1. The van der Waals surface area contributed by atoms with Gasteiger partial charge in [-0.2, -0.15) is 0 Å². The van der Waals surface area contributed by atoms with Crippen LogP contribution in [0.4, 0.5) is 0 Å². The molecule has 0 fully saturated rings. The second-order valence-corrected chi connectivity index (χ2v) is 29.2. The molecule has 0 aliphatic rings. The first-order valence-corrected chi connectivity index (χ1v) is 41.3. The second kappa shape index (κ2) is 67.6. The van der Waals surface area contributed by atoms with Crippen LogP contribution in [0.15, 0.2) is 0 Å². The van der Waals surface area contributed by atoms with Gasteiger partial charge in [-0.15, -0.1) is 0 Å². The lowest BCUT2D eigenvalue weighted by Crippen LogP contribution is -2.30. The van der Waals surface area contributed by atoms with Gasteiger partial charge < -0.3 is 33.8 Å². The molecule has 0 spiro atoms. The number of rotatable bonds is 74. The Kier molecular flexibility index (Phi) is 66.2. The van der Waals surface area contributed by atoms with Crippen molar-refractivity contribution in [1.82, 2.24) is 0 Å². The highest BCUT2D eigenvalue weighted by molar-refractivity contribution is 7.47. The molecule has 17 nitrogen and oxygen atoms in total. The van der Waals surface area contributed by atoms with Crippen molar-refractivity contribution in [3.63, 3.8) is 0 Å². The number of phosphoric ester groups is 2. The van der Waals surface area contributed by atoms with E-state index >= 15 is 0 Å². The van der Waals surface area contributed by atoms with Gasteiger partial charge in [-0.3, -0.25) is 37.3 Å². The molecule has 0 saturated carbocycles. The first-order valence-electron chi connectivity index (χ1n) is 38.3. The normalized spacial score (nSPS) is 13.9. The van der Waals surface area contributed by atoms with Gasteiger partial charge in [-0.05, 0) is 25.7 Å². The van der Waals surface area contributed by atoms with Crippen LogP contribution in [-0.2, 0) is 65.4 Å². The second-order valence-electron chi connectivity index (χ2n) is 26.3. The molecular formula is C73H142O17P2. The standard InChI is InChI=1S/C73H142O17P2/c1-5-9-13-17-21-25-27-29-31-32-33-34-35-37-39-41-44-48-52-56-60-73(78)90-69(64-84-71(76)58-54-50-46-43-40-38-36-30-28-26-22-18-14-10-6-2)66-88-92(81,82)86-62-67(74)61-85-91(79,80)87-65-68(63-83-70(75)57-53-49-45-24-20-16-12-8-4)89-72(77)59-55-51-47-42-23-19-15-11-7-3/h67-69,74H,5-66H2,1-4H3,(H,79,80)(H,81,82)/t67-,68+,69+/m0/s1. The van der Waals surface area contributed by atoms with E-state index in [0.717, 1.165) is 96.3 Å². The zero-order valence-corrected chi connectivity index (χ0v) is 61.3. The van der Waals surface area contributed by atoms with Gasteiger partial charge in [0, 0.05) is 25.7 Å². The molecule has 0 aliphatic heterocycles. The summed E-state index contributed by atoms with van der Waals surface area (Å²) in [6.45, 7) is 4.92. The largest absolute Gasteiger partial charge is 0.472 e. The molecule has 0 aromatic carbocycles. The fourth-order valence-electron chi connectivity index (χ4n) is 11.2. The zero-order valence-electron chi connectivity index (χ0n) is 59.5. The summed E-state index contributed by atoms with van der Waals surface area (Å²) in [5.41, 5.74) is 0. The summed E-state index contributed by atoms with van der Waals surface area (Å²) < 4.78 is 68.3. The Morgan fingerprint density at radius 2 is 0.435 bits per heavy atom. The number of aliphatic hydroxyl groups is 1. The summed E-state index contributed by atoms with van der Waals surface area (Å²) in [5, 5.41) is 10.6. The van der Waals surface area contributed by atoms with Gasteiger partial charge >= 0.3 is 39.5 Å². The number of phosphoric acid groups is 2. The molecule has 0 aromatic heterocycles. The lowest BCUT2D eigenvalue weighted by atomic mass is 10.0. The Bertz CT molecular complexity index is 1760. The molecule has 0 radical (unpaired) electrons. The van der Waals surface area contributed by atoms with Crippen LogP contribution in [0.25, 0.3) is 0 Å². The van der Waals surface area contributed by atoms with Crippen LogP contribution < -0.4 is 0 Å². The highest BCUT2D eigenvalue weighted by Gasteiger charge is 2.30. The molecule has 0 rings (SSSR count). The Morgan fingerprint density at radius 3 is 0.641 bits per heavy atom. The Labute approximate surface area is 562 Å². The highest BCUT2D eigenvalue weighted by Crippen LogP contribution is 2.45. The number of carbonyl (C=O) groups excluding carboxylic acids is 4. The number of ether oxygens (including phenoxy) is 4. The summed E-state index contributed by atoms with van der Waals surface area (Å²) in [4.78, 5) is 72.5. The van der Waals surface area contributed by atoms with E-state index < -0.39 is 97.5 Å². The maximum absolute atomic E-state index is 13.1. The fraction of sp³-hybridized carbons (Fsp3) is 0.945. The maximum atomic E-state index is 13.1. The summed E-state index contributed by atoms with van der Waals surface area (Å²) >= 11 is 0. The third-order valence-electron chi connectivity index (χ3n) is 17.1. The van der Waals surface area contributed by atoms with E-state index in [0.29, 0.717) is 25.7 Å². The first-order chi connectivity index (χ1) is 44.7. The molecule has 2 unspecified atom stereocenters. The van der Waals surface area contributed by atoms with Crippen molar-refractivity contribution in [2.24, 2.45) is 0 Å². The van der Waals surface area contributed by atoms with E-state index in [9.17, 15) is 43.2 Å². The van der Waals surface area contributed by atoms with Crippen molar-refractivity contribution in [2.45, 2.75) is 406 Å². The average Bonchev–Trinajstić information content (AvgIpc) is 2.05. The molecular weight excluding hydrogens is 1210 g/mol. The van der Waals surface area contributed by atoms with E-state index in [1.807, 2.05) is 0 Å². The first kappa shape index (κ1) is 90.1.